The van der Waals surface area contributed by atoms with E-state index in [0.717, 1.165) is 62.2 Å². The molecular weight excluding hydrogens is 609 g/mol. The molecule has 0 saturated heterocycles. The molecule has 0 saturated carbocycles. The summed E-state index contributed by atoms with van der Waals surface area (Å²) in [5.41, 5.74) is 11.3. The molecule has 8 aromatic rings. The molecule has 238 valence electrons. The van der Waals surface area contributed by atoms with Crippen molar-refractivity contribution in [3.8, 4) is 56.3 Å². The van der Waals surface area contributed by atoms with E-state index in [-0.39, 0.29) is 0 Å². The normalized spacial score (nSPS) is 11.1. The van der Waals surface area contributed by atoms with Gasteiger partial charge in [0, 0.05) is 28.2 Å². The standard InChI is InChI=1S/C47H34N2O/c1-5-14-35(15-6-1)36-24-26-37(27-25-36)40-33-46(38-16-7-2-8-17-38)48-47(34-40)39-18-13-23-45(32-39)50-44-30-28-43(29-31-44)49(41-19-9-3-10-20-41)42-21-11-4-12-22-42/h1-34H/i9T. The number of ether oxygens (including phenoxy) is 1. The van der Waals surface area contributed by atoms with Crippen LogP contribution in [0.25, 0.3) is 44.8 Å². The van der Waals surface area contributed by atoms with Crippen molar-refractivity contribution in [1.82, 2.24) is 4.98 Å². The van der Waals surface area contributed by atoms with Gasteiger partial charge >= 0.3 is 0 Å². The summed E-state index contributed by atoms with van der Waals surface area (Å²) in [5, 5.41) is 0. The highest BCUT2D eigenvalue weighted by Crippen LogP contribution is 2.37. The van der Waals surface area contributed by atoms with Gasteiger partial charge in [0.15, 0.2) is 0 Å². The van der Waals surface area contributed by atoms with Gasteiger partial charge in [0.05, 0.1) is 12.8 Å². The third-order valence-electron chi connectivity index (χ3n) is 8.64. The molecule has 0 aliphatic heterocycles. The third-order valence-corrected chi connectivity index (χ3v) is 8.64. The first-order chi connectivity index (χ1) is 25.2. The molecule has 0 amide bonds. The van der Waals surface area contributed by atoms with E-state index in [1.807, 2.05) is 103 Å². The number of hydrogen-bond acceptors (Lipinski definition) is 3. The van der Waals surface area contributed by atoms with Crippen molar-refractivity contribution in [2.45, 2.75) is 0 Å². The summed E-state index contributed by atoms with van der Waals surface area (Å²) in [6.07, 6.45) is 0. The lowest BCUT2D eigenvalue weighted by Gasteiger charge is -2.25. The fourth-order valence-corrected chi connectivity index (χ4v) is 6.15. The summed E-state index contributed by atoms with van der Waals surface area (Å²) in [7, 11) is 0. The molecule has 1 heterocycles. The lowest BCUT2D eigenvalue weighted by molar-refractivity contribution is 0.483. The predicted octanol–water partition coefficient (Wildman–Crippen LogP) is 13.0. The molecule has 1 aromatic heterocycles. The molecule has 3 nitrogen and oxygen atoms in total. The quantitative estimate of drug-likeness (QED) is 0.156. The largest absolute Gasteiger partial charge is 0.457 e. The van der Waals surface area contributed by atoms with Crippen molar-refractivity contribution in [1.29, 1.82) is 0 Å². The summed E-state index contributed by atoms with van der Waals surface area (Å²) < 4.78 is 14.6. The molecular formula is C47H34N2O. The van der Waals surface area contributed by atoms with E-state index in [4.69, 9.17) is 11.1 Å². The van der Waals surface area contributed by atoms with Crippen LogP contribution in [0.2, 0.25) is 0 Å². The average Bonchev–Trinajstić information content (AvgIpc) is 3.20. The molecule has 0 unspecified atom stereocenters. The third kappa shape index (κ3) is 6.80. The van der Waals surface area contributed by atoms with E-state index in [1.54, 1.807) is 6.07 Å². The molecule has 0 fully saturated rings. The number of nitrogens with zero attached hydrogens (tertiary/aromatic N) is 2. The number of pyridine rings is 1. The number of aromatic nitrogens is 1. The van der Waals surface area contributed by atoms with Gasteiger partial charge in [-0.3, -0.25) is 0 Å². The maximum atomic E-state index is 8.19. The van der Waals surface area contributed by atoms with Gasteiger partial charge < -0.3 is 9.64 Å². The highest BCUT2D eigenvalue weighted by atomic mass is 16.5. The van der Waals surface area contributed by atoms with Crippen molar-refractivity contribution >= 4 is 17.1 Å². The van der Waals surface area contributed by atoms with Gasteiger partial charge in [-0.25, -0.2) is 4.98 Å². The van der Waals surface area contributed by atoms with E-state index in [0.29, 0.717) is 6.04 Å². The molecule has 0 aliphatic rings. The zero-order chi connectivity index (χ0) is 34.4. The molecule has 3 heteroatoms. The van der Waals surface area contributed by atoms with Crippen LogP contribution in [0.3, 0.4) is 0 Å². The number of benzene rings is 7. The number of para-hydroxylation sites is 2. The van der Waals surface area contributed by atoms with Gasteiger partial charge in [0.2, 0.25) is 0 Å². The minimum Gasteiger partial charge on any atom is -0.457 e. The summed E-state index contributed by atoms with van der Waals surface area (Å²) in [6, 6.07) is 68.2. The molecule has 0 aliphatic carbocycles. The summed E-state index contributed by atoms with van der Waals surface area (Å²) in [6.45, 7) is 0. The van der Waals surface area contributed by atoms with Crippen LogP contribution in [0, 0.1) is 0 Å². The molecule has 0 bridgehead atoms. The fourth-order valence-electron chi connectivity index (χ4n) is 6.15. The summed E-state index contributed by atoms with van der Waals surface area (Å²) in [5.74, 6) is 1.45. The minimum absolute atomic E-state index is 0.463. The first kappa shape index (κ1) is 29.4. The molecule has 0 radical (unpaired) electrons. The second-order valence-corrected chi connectivity index (χ2v) is 12.0. The molecule has 7 aromatic carbocycles. The highest BCUT2D eigenvalue weighted by molar-refractivity contribution is 5.79. The van der Waals surface area contributed by atoms with Gasteiger partial charge in [0.25, 0.3) is 0 Å². The molecule has 50 heavy (non-hydrogen) atoms. The molecule has 0 atom stereocenters. The van der Waals surface area contributed by atoms with Crippen LogP contribution in [0.5, 0.6) is 11.5 Å². The van der Waals surface area contributed by atoms with E-state index in [1.165, 1.54) is 11.1 Å². The topological polar surface area (TPSA) is 25.4 Å². The number of hydrogen-bond donors (Lipinski definition) is 0. The highest BCUT2D eigenvalue weighted by Gasteiger charge is 2.13. The van der Waals surface area contributed by atoms with Crippen molar-refractivity contribution in [2.24, 2.45) is 0 Å². The SMILES string of the molecule is [3H]c1cccc(N(c2ccccc2)c2ccc(Oc3cccc(-c4cc(-c5ccc(-c6ccccc6)cc5)cc(-c5ccccc5)n4)c3)cc2)c1. The van der Waals surface area contributed by atoms with Crippen LogP contribution >= 0.6 is 0 Å². The van der Waals surface area contributed by atoms with Crippen molar-refractivity contribution < 1.29 is 6.11 Å². The van der Waals surface area contributed by atoms with Gasteiger partial charge in [-0.2, -0.15) is 0 Å². The van der Waals surface area contributed by atoms with E-state index >= 15 is 0 Å². The van der Waals surface area contributed by atoms with Crippen molar-refractivity contribution in [2.75, 3.05) is 4.90 Å². The Morgan fingerprint density at radius 2 is 0.860 bits per heavy atom. The molecule has 8 rings (SSSR count). The summed E-state index contributed by atoms with van der Waals surface area (Å²) >= 11 is 0. The van der Waals surface area contributed by atoms with E-state index in [9.17, 15) is 0 Å². The second-order valence-electron chi connectivity index (χ2n) is 12.0. The zero-order valence-corrected chi connectivity index (χ0v) is 27.4. The Hall–Kier alpha value is -6.71. The Labute approximate surface area is 294 Å². The van der Waals surface area contributed by atoms with Crippen LogP contribution in [0.1, 0.15) is 1.37 Å². The monoisotopic (exact) mass is 644 g/mol. The van der Waals surface area contributed by atoms with Crippen molar-refractivity contribution in [3.63, 3.8) is 0 Å². The Morgan fingerprint density at radius 3 is 1.52 bits per heavy atom. The zero-order valence-electron chi connectivity index (χ0n) is 28.4. The van der Waals surface area contributed by atoms with Crippen LogP contribution < -0.4 is 9.64 Å². The smallest absolute Gasteiger partial charge is 0.128 e. The molecule has 0 N–H and O–H groups in total. The lowest BCUT2D eigenvalue weighted by atomic mass is 9.97. The molecule has 0 spiro atoms. The Kier molecular flexibility index (Phi) is 8.35. The average molecular weight is 645 g/mol. The van der Waals surface area contributed by atoms with Gasteiger partial charge in [-0.1, -0.05) is 133 Å². The first-order valence-electron chi connectivity index (χ1n) is 17.2. The maximum absolute atomic E-state index is 8.19. The van der Waals surface area contributed by atoms with E-state index < -0.39 is 0 Å². The van der Waals surface area contributed by atoms with Crippen LogP contribution in [0.15, 0.2) is 206 Å². The fraction of sp³-hybridized carbons (Fsp3) is 0. The second kappa shape index (κ2) is 14.2. The van der Waals surface area contributed by atoms with Gasteiger partial charge in [-0.15, -0.1) is 0 Å². The van der Waals surface area contributed by atoms with Crippen LogP contribution in [-0.2, 0) is 0 Å². The van der Waals surface area contributed by atoms with E-state index in [2.05, 4.69) is 95.9 Å². The Morgan fingerprint density at radius 1 is 0.360 bits per heavy atom. The predicted molar refractivity (Wildman–Crippen MR) is 207 cm³/mol. The Bertz CT molecular complexity index is 2380. The minimum atomic E-state index is 0.463. The maximum Gasteiger partial charge on any atom is 0.128 e. The first-order valence-corrected chi connectivity index (χ1v) is 16.7. The number of anilines is 3. The lowest BCUT2D eigenvalue weighted by Crippen LogP contribution is -2.09. The number of rotatable bonds is 9. The Balaban J connectivity index is 1.10. The summed E-state index contributed by atoms with van der Waals surface area (Å²) in [4.78, 5) is 7.27. The van der Waals surface area contributed by atoms with Gasteiger partial charge in [-0.05, 0) is 95.1 Å². The van der Waals surface area contributed by atoms with Crippen LogP contribution in [0.4, 0.5) is 17.1 Å². The van der Waals surface area contributed by atoms with Crippen molar-refractivity contribution in [3.05, 3.63) is 206 Å². The van der Waals surface area contributed by atoms with Crippen LogP contribution in [-0.4, -0.2) is 4.98 Å². The van der Waals surface area contributed by atoms with Gasteiger partial charge in [0.1, 0.15) is 11.5 Å².